The summed E-state index contributed by atoms with van der Waals surface area (Å²) < 4.78 is 23.4. The minimum absolute atomic E-state index is 0.160. The fraction of sp³-hybridized carbons (Fsp3) is 0.684. The lowest BCUT2D eigenvalue weighted by Gasteiger charge is -2.21. The van der Waals surface area contributed by atoms with Gasteiger partial charge in [-0.05, 0) is 64.0 Å². The standard InChI is InChI=1S/C19H32O4Si/c1-12-13(2)18(21-6)15(14(3)17(12)20-5)10-16-19(4,23-16)11-22-24(7,8)9/h16H,10-11H2,1-9H3/t16-,19-/m1/s1. The third-order valence-electron chi connectivity index (χ3n) is 4.94. The topological polar surface area (TPSA) is 40.2 Å². The highest BCUT2D eigenvalue weighted by atomic mass is 28.4. The lowest BCUT2D eigenvalue weighted by Crippen LogP contribution is -2.32. The van der Waals surface area contributed by atoms with Crippen LogP contribution in [0.4, 0.5) is 0 Å². The van der Waals surface area contributed by atoms with E-state index in [1.165, 1.54) is 5.56 Å². The van der Waals surface area contributed by atoms with Gasteiger partial charge >= 0.3 is 0 Å². The zero-order chi connectivity index (χ0) is 18.3. The summed E-state index contributed by atoms with van der Waals surface area (Å²) in [5.41, 5.74) is 4.40. The van der Waals surface area contributed by atoms with E-state index in [1.54, 1.807) is 14.2 Å². The minimum atomic E-state index is -1.53. The van der Waals surface area contributed by atoms with Crippen LogP contribution in [0.15, 0.2) is 0 Å². The molecule has 0 radical (unpaired) electrons. The second kappa shape index (κ2) is 6.69. The van der Waals surface area contributed by atoms with Crippen LogP contribution in [0.25, 0.3) is 0 Å². The van der Waals surface area contributed by atoms with Crippen LogP contribution in [0.2, 0.25) is 19.6 Å². The molecule has 0 N–H and O–H groups in total. The van der Waals surface area contributed by atoms with E-state index in [9.17, 15) is 0 Å². The molecule has 1 aromatic rings. The van der Waals surface area contributed by atoms with Gasteiger partial charge in [-0.25, -0.2) is 0 Å². The average Bonchev–Trinajstić information content (AvgIpc) is 3.14. The van der Waals surface area contributed by atoms with Crippen LogP contribution in [-0.2, 0) is 15.6 Å². The van der Waals surface area contributed by atoms with E-state index in [0.717, 1.165) is 34.6 Å². The summed E-state index contributed by atoms with van der Waals surface area (Å²) in [6.07, 6.45) is 0.978. The number of epoxide rings is 1. The van der Waals surface area contributed by atoms with E-state index in [2.05, 4.69) is 47.3 Å². The van der Waals surface area contributed by atoms with Gasteiger partial charge in [0.05, 0.1) is 26.9 Å². The Kier molecular flexibility index (Phi) is 5.38. The summed E-state index contributed by atoms with van der Waals surface area (Å²) in [5.74, 6) is 1.90. The van der Waals surface area contributed by atoms with Crippen LogP contribution in [0.3, 0.4) is 0 Å². The molecule has 2 atom stereocenters. The maximum Gasteiger partial charge on any atom is 0.183 e. The second-order valence-electron chi connectivity index (χ2n) is 7.94. The predicted octanol–water partition coefficient (Wildman–Crippen LogP) is 4.18. The van der Waals surface area contributed by atoms with Crippen molar-refractivity contribution in [1.82, 2.24) is 0 Å². The maximum atomic E-state index is 6.06. The van der Waals surface area contributed by atoms with Crippen molar-refractivity contribution in [3.63, 3.8) is 0 Å². The molecule has 4 nitrogen and oxygen atoms in total. The van der Waals surface area contributed by atoms with Crippen molar-refractivity contribution in [1.29, 1.82) is 0 Å². The summed E-state index contributed by atoms with van der Waals surface area (Å²) in [7, 11) is 1.93. The van der Waals surface area contributed by atoms with Gasteiger partial charge in [-0.15, -0.1) is 0 Å². The van der Waals surface area contributed by atoms with Crippen molar-refractivity contribution in [3.05, 3.63) is 22.3 Å². The van der Waals surface area contributed by atoms with Gasteiger partial charge in [0.1, 0.15) is 17.1 Å². The molecule has 136 valence electrons. The van der Waals surface area contributed by atoms with Crippen molar-refractivity contribution in [2.45, 2.75) is 65.5 Å². The molecule has 0 aliphatic carbocycles. The molecule has 24 heavy (non-hydrogen) atoms. The molecule has 1 aromatic carbocycles. The quantitative estimate of drug-likeness (QED) is 0.545. The Balaban J connectivity index is 2.24. The van der Waals surface area contributed by atoms with Crippen molar-refractivity contribution < 1.29 is 18.6 Å². The Morgan fingerprint density at radius 1 is 0.958 bits per heavy atom. The van der Waals surface area contributed by atoms with Gasteiger partial charge < -0.3 is 18.6 Å². The second-order valence-corrected chi connectivity index (χ2v) is 12.5. The van der Waals surface area contributed by atoms with Crippen LogP contribution >= 0.6 is 0 Å². The molecule has 1 saturated heterocycles. The van der Waals surface area contributed by atoms with E-state index in [-0.39, 0.29) is 11.7 Å². The van der Waals surface area contributed by atoms with Gasteiger partial charge in [-0.2, -0.15) is 0 Å². The lowest BCUT2D eigenvalue weighted by molar-refractivity contribution is 0.196. The molecule has 1 heterocycles. The van der Waals surface area contributed by atoms with Crippen LogP contribution in [0, 0.1) is 20.8 Å². The maximum absolute atomic E-state index is 6.06. The molecule has 0 saturated carbocycles. The molecule has 1 fully saturated rings. The van der Waals surface area contributed by atoms with Crippen LogP contribution in [-0.4, -0.2) is 40.8 Å². The van der Waals surface area contributed by atoms with E-state index < -0.39 is 8.32 Å². The summed E-state index contributed by atoms with van der Waals surface area (Å²) >= 11 is 0. The fourth-order valence-electron chi connectivity index (χ4n) is 3.20. The Hall–Kier alpha value is -1.04. The third-order valence-corrected chi connectivity index (χ3v) is 5.95. The first kappa shape index (κ1) is 19.3. The normalized spacial score (nSPS) is 23.3. The van der Waals surface area contributed by atoms with Gasteiger partial charge in [0.15, 0.2) is 8.32 Å². The molecule has 5 heteroatoms. The van der Waals surface area contributed by atoms with E-state index >= 15 is 0 Å². The van der Waals surface area contributed by atoms with Crippen molar-refractivity contribution in [3.8, 4) is 11.5 Å². The largest absolute Gasteiger partial charge is 0.496 e. The van der Waals surface area contributed by atoms with Crippen LogP contribution in [0.1, 0.15) is 29.2 Å². The van der Waals surface area contributed by atoms with Gasteiger partial charge in [0.2, 0.25) is 0 Å². The van der Waals surface area contributed by atoms with Crippen molar-refractivity contribution >= 4 is 8.32 Å². The van der Waals surface area contributed by atoms with Gasteiger partial charge in [0, 0.05) is 12.0 Å². The summed E-state index contributed by atoms with van der Waals surface area (Å²) in [5, 5.41) is 0. The van der Waals surface area contributed by atoms with Gasteiger partial charge in [0.25, 0.3) is 0 Å². The number of rotatable bonds is 7. The fourth-order valence-corrected chi connectivity index (χ4v) is 3.92. The Morgan fingerprint density at radius 3 is 2.00 bits per heavy atom. The Bertz CT molecular complexity index is 621. The smallest absolute Gasteiger partial charge is 0.183 e. The summed E-state index contributed by atoms with van der Waals surface area (Å²) in [6, 6.07) is 0. The highest BCUT2D eigenvalue weighted by Gasteiger charge is 2.53. The first-order chi connectivity index (χ1) is 11.0. The van der Waals surface area contributed by atoms with Gasteiger partial charge in [-0.3, -0.25) is 0 Å². The molecule has 1 aliphatic heterocycles. The first-order valence-corrected chi connectivity index (χ1v) is 12.0. The third kappa shape index (κ3) is 3.79. The SMILES string of the molecule is COc1c(C)c(C)c(OC)c(C[C@H]2O[C@]2(C)CO[Si](C)(C)C)c1C. The predicted molar refractivity (Wildman–Crippen MR) is 100 cm³/mol. The highest BCUT2D eigenvalue weighted by molar-refractivity contribution is 6.69. The van der Waals surface area contributed by atoms with E-state index in [1.807, 2.05) is 0 Å². The number of methoxy groups -OCH3 is 2. The summed E-state index contributed by atoms with van der Waals surface area (Å²) in [6.45, 7) is 15.7. The molecule has 2 rings (SSSR count). The molecule has 0 unspecified atom stereocenters. The van der Waals surface area contributed by atoms with Crippen molar-refractivity contribution in [2.24, 2.45) is 0 Å². The number of hydrogen-bond donors (Lipinski definition) is 0. The average molecular weight is 353 g/mol. The van der Waals surface area contributed by atoms with E-state index in [0.29, 0.717) is 6.61 Å². The molecule has 0 spiro atoms. The molecule has 0 aromatic heterocycles. The number of ether oxygens (including phenoxy) is 3. The van der Waals surface area contributed by atoms with Crippen molar-refractivity contribution in [2.75, 3.05) is 20.8 Å². The number of hydrogen-bond acceptors (Lipinski definition) is 4. The first-order valence-electron chi connectivity index (χ1n) is 8.56. The Labute approximate surface area is 147 Å². The summed E-state index contributed by atoms with van der Waals surface area (Å²) in [4.78, 5) is 0. The Morgan fingerprint density at radius 2 is 1.50 bits per heavy atom. The molecule has 0 amide bonds. The molecular formula is C19H32O4Si. The zero-order valence-corrected chi connectivity index (χ0v) is 17.6. The molecule has 0 bridgehead atoms. The highest BCUT2D eigenvalue weighted by Crippen LogP contribution is 2.44. The van der Waals surface area contributed by atoms with Crippen LogP contribution in [0.5, 0.6) is 11.5 Å². The van der Waals surface area contributed by atoms with Gasteiger partial charge in [-0.1, -0.05) is 0 Å². The van der Waals surface area contributed by atoms with Crippen LogP contribution < -0.4 is 9.47 Å². The zero-order valence-electron chi connectivity index (χ0n) is 16.6. The monoisotopic (exact) mass is 352 g/mol. The minimum Gasteiger partial charge on any atom is -0.496 e. The number of benzene rings is 1. The molecule has 1 aliphatic rings. The molecular weight excluding hydrogens is 320 g/mol. The van der Waals surface area contributed by atoms with E-state index in [4.69, 9.17) is 18.6 Å². The lowest BCUT2D eigenvalue weighted by atomic mass is 9.92.